The monoisotopic (exact) mass is 272 g/mol. The van der Waals surface area contributed by atoms with Crippen molar-refractivity contribution in [1.29, 1.82) is 0 Å². The Morgan fingerprint density at radius 2 is 2.40 bits per heavy atom. The Kier molecular flexibility index (Phi) is 4.75. The van der Waals surface area contributed by atoms with E-state index < -0.39 is 0 Å². The maximum Gasteiger partial charge on any atom is 0.166 e. The smallest absolute Gasteiger partial charge is 0.166 e. The molecule has 15 heavy (non-hydrogen) atoms. The zero-order chi connectivity index (χ0) is 11.3. The van der Waals surface area contributed by atoms with E-state index in [1.54, 1.807) is 6.20 Å². The summed E-state index contributed by atoms with van der Waals surface area (Å²) in [7, 11) is 1.84. The molecule has 0 aromatic carbocycles. The second kappa shape index (κ2) is 5.85. The van der Waals surface area contributed by atoms with Gasteiger partial charge in [0.05, 0.1) is 0 Å². The number of allylic oxidation sites excluding steroid dienone is 1. The molecular weight excluding hydrogens is 259 g/mol. The molecule has 1 aromatic heterocycles. The number of rotatable bonds is 5. The fourth-order valence-corrected chi connectivity index (χ4v) is 1.57. The molecule has 0 saturated heterocycles. The number of hydrogen-bond acceptors (Lipinski definition) is 2. The standard InChI is InChI=1S/C11H14BrFN2/c1-3-4-5-6-15(2)11-10(13)7-9(12)8-14-11/h3,7-8H,1,4-6H2,2H3. The first-order chi connectivity index (χ1) is 7.15. The van der Waals surface area contributed by atoms with Crippen molar-refractivity contribution in [1.82, 2.24) is 4.98 Å². The number of pyridine rings is 1. The average molecular weight is 273 g/mol. The molecule has 0 unspecified atom stereocenters. The molecule has 0 spiro atoms. The lowest BCUT2D eigenvalue weighted by atomic mass is 10.3. The van der Waals surface area contributed by atoms with Crippen LogP contribution >= 0.6 is 15.9 Å². The zero-order valence-corrected chi connectivity index (χ0v) is 10.3. The molecule has 2 nitrogen and oxygen atoms in total. The van der Waals surface area contributed by atoms with Crippen LogP contribution in [0.5, 0.6) is 0 Å². The molecule has 1 rings (SSSR count). The van der Waals surface area contributed by atoms with Crippen LogP contribution in [-0.4, -0.2) is 18.6 Å². The third-order valence-corrected chi connectivity index (χ3v) is 2.49. The fourth-order valence-electron chi connectivity index (χ4n) is 1.27. The molecule has 1 heterocycles. The number of hydrogen-bond donors (Lipinski definition) is 0. The van der Waals surface area contributed by atoms with Gasteiger partial charge in [0.1, 0.15) is 0 Å². The molecule has 0 aliphatic heterocycles. The summed E-state index contributed by atoms with van der Waals surface area (Å²) in [4.78, 5) is 5.85. The van der Waals surface area contributed by atoms with E-state index >= 15 is 0 Å². The summed E-state index contributed by atoms with van der Waals surface area (Å²) in [6.07, 6.45) is 5.35. The lowest BCUT2D eigenvalue weighted by Gasteiger charge is -2.18. The summed E-state index contributed by atoms with van der Waals surface area (Å²) < 4.78 is 14.1. The molecule has 0 aliphatic carbocycles. The molecule has 0 bridgehead atoms. The Bertz CT molecular complexity index is 341. The van der Waals surface area contributed by atoms with E-state index in [2.05, 4.69) is 27.5 Å². The van der Waals surface area contributed by atoms with E-state index in [-0.39, 0.29) is 5.82 Å². The predicted octanol–water partition coefficient (Wildman–Crippen LogP) is 3.39. The number of aromatic nitrogens is 1. The quantitative estimate of drug-likeness (QED) is 0.604. The first kappa shape index (κ1) is 12.2. The van der Waals surface area contributed by atoms with Crippen LogP contribution in [0.4, 0.5) is 10.2 Å². The molecule has 4 heteroatoms. The molecule has 0 fully saturated rings. The summed E-state index contributed by atoms with van der Waals surface area (Å²) in [6.45, 7) is 4.42. The molecule has 1 aromatic rings. The zero-order valence-electron chi connectivity index (χ0n) is 8.71. The Balaban J connectivity index is 2.64. The third kappa shape index (κ3) is 3.63. The van der Waals surface area contributed by atoms with Gasteiger partial charge in [-0.3, -0.25) is 0 Å². The van der Waals surface area contributed by atoms with Gasteiger partial charge in [-0.05, 0) is 34.8 Å². The summed E-state index contributed by atoms with van der Waals surface area (Å²) >= 11 is 3.17. The van der Waals surface area contributed by atoms with E-state index in [1.807, 2.05) is 18.0 Å². The first-order valence-corrected chi connectivity index (χ1v) is 5.57. The van der Waals surface area contributed by atoms with E-state index in [0.717, 1.165) is 19.4 Å². The Labute approximate surface area is 97.9 Å². The van der Waals surface area contributed by atoms with Crippen molar-refractivity contribution in [2.75, 3.05) is 18.5 Å². The van der Waals surface area contributed by atoms with Crippen molar-refractivity contribution in [3.05, 3.63) is 35.2 Å². The van der Waals surface area contributed by atoms with Gasteiger partial charge in [0.15, 0.2) is 11.6 Å². The van der Waals surface area contributed by atoms with Crippen LogP contribution < -0.4 is 4.90 Å². The molecule has 0 N–H and O–H groups in total. The molecule has 0 aliphatic rings. The molecule has 0 radical (unpaired) electrons. The van der Waals surface area contributed by atoms with Gasteiger partial charge in [-0.2, -0.15) is 0 Å². The van der Waals surface area contributed by atoms with Crippen molar-refractivity contribution >= 4 is 21.7 Å². The molecular formula is C11H14BrFN2. The highest BCUT2D eigenvalue weighted by Gasteiger charge is 2.08. The van der Waals surface area contributed by atoms with Crippen LogP contribution in [0.1, 0.15) is 12.8 Å². The highest BCUT2D eigenvalue weighted by Crippen LogP contribution is 2.19. The normalized spacial score (nSPS) is 10.1. The molecule has 0 saturated carbocycles. The highest BCUT2D eigenvalue weighted by atomic mass is 79.9. The second-order valence-corrected chi connectivity index (χ2v) is 4.23. The second-order valence-electron chi connectivity index (χ2n) is 3.31. The van der Waals surface area contributed by atoms with Crippen LogP contribution in [0.3, 0.4) is 0 Å². The first-order valence-electron chi connectivity index (χ1n) is 4.78. The van der Waals surface area contributed by atoms with E-state index in [9.17, 15) is 4.39 Å². The average Bonchev–Trinajstić information content (AvgIpc) is 2.17. The van der Waals surface area contributed by atoms with Gasteiger partial charge in [0, 0.05) is 24.3 Å². The van der Waals surface area contributed by atoms with E-state index in [1.165, 1.54) is 6.07 Å². The van der Waals surface area contributed by atoms with Crippen molar-refractivity contribution in [2.45, 2.75) is 12.8 Å². The summed E-state index contributed by atoms with van der Waals surface area (Å²) in [5.74, 6) is 0.0905. The van der Waals surface area contributed by atoms with Gasteiger partial charge in [-0.25, -0.2) is 9.37 Å². The van der Waals surface area contributed by atoms with Gasteiger partial charge in [0.2, 0.25) is 0 Å². The van der Waals surface area contributed by atoms with Gasteiger partial charge in [0.25, 0.3) is 0 Å². The van der Waals surface area contributed by atoms with Crippen LogP contribution in [0.15, 0.2) is 29.4 Å². The summed E-state index contributed by atoms with van der Waals surface area (Å²) in [6, 6.07) is 1.42. The van der Waals surface area contributed by atoms with Crippen molar-refractivity contribution in [2.24, 2.45) is 0 Å². The number of anilines is 1. The molecule has 0 atom stereocenters. The third-order valence-electron chi connectivity index (χ3n) is 2.05. The minimum Gasteiger partial charge on any atom is -0.357 e. The van der Waals surface area contributed by atoms with Crippen LogP contribution in [0, 0.1) is 5.82 Å². The Morgan fingerprint density at radius 3 is 3.00 bits per heavy atom. The van der Waals surface area contributed by atoms with E-state index in [0.29, 0.717) is 10.3 Å². The number of nitrogens with zero attached hydrogens (tertiary/aromatic N) is 2. The minimum absolute atomic E-state index is 0.300. The van der Waals surface area contributed by atoms with Crippen molar-refractivity contribution < 1.29 is 4.39 Å². The van der Waals surface area contributed by atoms with Crippen LogP contribution in [0.2, 0.25) is 0 Å². The highest BCUT2D eigenvalue weighted by molar-refractivity contribution is 9.10. The summed E-state index contributed by atoms with van der Waals surface area (Å²) in [5, 5.41) is 0. The molecule has 82 valence electrons. The maximum absolute atomic E-state index is 13.5. The topological polar surface area (TPSA) is 16.1 Å². The van der Waals surface area contributed by atoms with Gasteiger partial charge in [-0.1, -0.05) is 6.08 Å². The van der Waals surface area contributed by atoms with Crippen molar-refractivity contribution in [3.63, 3.8) is 0 Å². The van der Waals surface area contributed by atoms with Crippen molar-refractivity contribution in [3.8, 4) is 0 Å². The minimum atomic E-state index is -0.300. The SMILES string of the molecule is C=CCCCN(C)c1ncc(Br)cc1F. The lowest BCUT2D eigenvalue weighted by Crippen LogP contribution is -2.20. The predicted molar refractivity (Wildman–Crippen MR) is 64.6 cm³/mol. The molecule has 0 amide bonds. The largest absolute Gasteiger partial charge is 0.357 e. The Hall–Kier alpha value is -0.900. The van der Waals surface area contributed by atoms with Gasteiger partial charge >= 0.3 is 0 Å². The summed E-state index contributed by atoms with van der Waals surface area (Å²) in [5.41, 5.74) is 0. The van der Waals surface area contributed by atoms with Crippen LogP contribution in [0.25, 0.3) is 0 Å². The van der Waals surface area contributed by atoms with E-state index in [4.69, 9.17) is 0 Å². The lowest BCUT2D eigenvalue weighted by molar-refractivity contribution is 0.612. The van der Waals surface area contributed by atoms with Gasteiger partial charge in [-0.15, -0.1) is 6.58 Å². The number of halogens is 2. The van der Waals surface area contributed by atoms with Crippen LogP contribution in [-0.2, 0) is 0 Å². The maximum atomic E-state index is 13.5. The number of unbranched alkanes of at least 4 members (excludes halogenated alkanes) is 1. The fraction of sp³-hybridized carbons (Fsp3) is 0.364. The Morgan fingerprint density at radius 1 is 1.67 bits per heavy atom. The van der Waals surface area contributed by atoms with Gasteiger partial charge < -0.3 is 4.90 Å².